The number of guanidine groups is 1. The number of sulfonamides is 1. The van der Waals surface area contributed by atoms with Gasteiger partial charge in [-0.05, 0) is 31.9 Å². The Labute approximate surface area is 157 Å². The minimum Gasteiger partial charge on any atom is -0.381 e. The third-order valence-electron chi connectivity index (χ3n) is 3.47. The molecule has 0 heterocycles. The summed E-state index contributed by atoms with van der Waals surface area (Å²) >= 11 is 0. The van der Waals surface area contributed by atoms with Crippen LogP contribution in [0.2, 0.25) is 0 Å². The summed E-state index contributed by atoms with van der Waals surface area (Å²) in [4.78, 5) is 4.73. The number of aliphatic imine (C=N–C) groups is 1. The van der Waals surface area contributed by atoms with E-state index in [0.29, 0.717) is 25.7 Å². The predicted molar refractivity (Wildman–Crippen MR) is 106 cm³/mol. The molecular weight excluding hydrogens is 352 g/mol. The lowest BCUT2D eigenvalue weighted by atomic mass is 10.4. The summed E-state index contributed by atoms with van der Waals surface area (Å²) in [5, 5.41) is 6.27. The molecule has 26 heavy (non-hydrogen) atoms. The van der Waals surface area contributed by atoms with Crippen LogP contribution in [0.1, 0.15) is 33.1 Å². The monoisotopic (exact) mass is 384 g/mol. The van der Waals surface area contributed by atoms with Gasteiger partial charge in [-0.25, -0.2) is 13.1 Å². The van der Waals surface area contributed by atoms with Crippen LogP contribution in [0, 0.1) is 0 Å². The van der Waals surface area contributed by atoms with E-state index >= 15 is 0 Å². The van der Waals surface area contributed by atoms with Crippen LogP contribution in [0.15, 0.2) is 40.2 Å². The molecule has 0 aromatic heterocycles. The van der Waals surface area contributed by atoms with Gasteiger partial charge in [-0.15, -0.1) is 0 Å². The summed E-state index contributed by atoms with van der Waals surface area (Å²) in [7, 11) is -3.47. The Hall–Kier alpha value is -1.64. The maximum absolute atomic E-state index is 12.1. The highest BCUT2D eigenvalue weighted by atomic mass is 32.2. The highest BCUT2D eigenvalue weighted by molar-refractivity contribution is 7.89. The molecule has 0 aliphatic carbocycles. The Kier molecular flexibility index (Phi) is 11.7. The van der Waals surface area contributed by atoms with Crippen molar-refractivity contribution in [3.05, 3.63) is 30.3 Å². The maximum Gasteiger partial charge on any atom is 0.240 e. The van der Waals surface area contributed by atoms with E-state index in [0.717, 1.165) is 32.4 Å². The van der Waals surface area contributed by atoms with Gasteiger partial charge in [-0.3, -0.25) is 4.99 Å². The molecule has 0 spiro atoms. The average molecular weight is 385 g/mol. The molecular formula is C18H32N4O3S. The maximum atomic E-state index is 12.1. The van der Waals surface area contributed by atoms with E-state index < -0.39 is 10.0 Å². The molecule has 0 atom stereocenters. The summed E-state index contributed by atoms with van der Waals surface area (Å²) in [6, 6.07) is 8.34. The topological polar surface area (TPSA) is 91.8 Å². The quantitative estimate of drug-likeness (QED) is 0.274. The molecule has 0 unspecified atom stereocenters. The second kappa shape index (κ2) is 13.5. The number of ether oxygens (including phenoxy) is 1. The SMILES string of the molecule is CCCCOCCCN=C(NCC)NCCNS(=O)(=O)c1ccccc1. The van der Waals surface area contributed by atoms with Crippen LogP contribution in [0.3, 0.4) is 0 Å². The number of rotatable bonds is 13. The molecule has 0 saturated carbocycles. The summed E-state index contributed by atoms with van der Waals surface area (Å²) in [5.74, 6) is 0.681. The first-order chi connectivity index (χ1) is 12.6. The Balaban J connectivity index is 2.29. The number of hydrogen-bond donors (Lipinski definition) is 3. The predicted octanol–water partition coefficient (Wildman–Crippen LogP) is 1.73. The van der Waals surface area contributed by atoms with Crippen LogP contribution in [0.25, 0.3) is 0 Å². The first kappa shape index (κ1) is 22.4. The van der Waals surface area contributed by atoms with Gasteiger partial charge in [0.05, 0.1) is 4.90 Å². The zero-order chi connectivity index (χ0) is 19.1. The first-order valence-corrected chi connectivity index (χ1v) is 10.7. The van der Waals surface area contributed by atoms with Crippen molar-refractivity contribution in [3.63, 3.8) is 0 Å². The van der Waals surface area contributed by atoms with Crippen LogP contribution in [0.4, 0.5) is 0 Å². The van der Waals surface area contributed by atoms with Gasteiger partial charge in [-0.1, -0.05) is 31.5 Å². The average Bonchev–Trinajstić information content (AvgIpc) is 2.65. The van der Waals surface area contributed by atoms with Crippen molar-refractivity contribution in [3.8, 4) is 0 Å². The minimum absolute atomic E-state index is 0.267. The zero-order valence-corrected chi connectivity index (χ0v) is 16.6. The van der Waals surface area contributed by atoms with E-state index in [-0.39, 0.29) is 11.4 Å². The third kappa shape index (κ3) is 9.74. The van der Waals surface area contributed by atoms with Gasteiger partial charge in [0.25, 0.3) is 0 Å². The highest BCUT2D eigenvalue weighted by Crippen LogP contribution is 2.06. The second-order valence-corrected chi connectivity index (χ2v) is 7.48. The van der Waals surface area contributed by atoms with E-state index in [4.69, 9.17) is 4.74 Å². The molecule has 3 N–H and O–H groups in total. The van der Waals surface area contributed by atoms with Gasteiger partial charge >= 0.3 is 0 Å². The fourth-order valence-electron chi connectivity index (χ4n) is 2.10. The fourth-order valence-corrected chi connectivity index (χ4v) is 3.15. The van der Waals surface area contributed by atoms with Crippen molar-refractivity contribution in [2.45, 2.75) is 38.0 Å². The molecule has 0 aliphatic heterocycles. The van der Waals surface area contributed by atoms with Crippen LogP contribution in [-0.2, 0) is 14.8 Å². The molecule has 0 bridgehead atoms. The fraction of sp³-hybridized carbons (Fsp3) is 0.611. The minimum atomic E-state index is -3.47. The van der Waals surface area contributed by atoms with Crippen molar-refractivity contribution in [1.29, 1.82) is 0 Å². The van der Waals surface area contributed by atoms with E-state index in [1.807, 2.05) is 6.92 Å². The number of nitrogens with one attached hydrogen (secondary N) is 3. The molecule has 1 rings (SSSR count). The summed E-state index contributed by atoms with van der Waals surface area (Å²) in [6.45, 7) is 7.78. The highest BCUT2D eigenvalue weighted by Gasteiger charge is 2.11. The molecule has 148 valence electrons. The standard InChI is InChI=1S/C18H32N4O3S/c1-3-5-15-25-16-9-12-20-18(19-4-2)21-13-14-22-26(23,24)17-10-7-6-8-11-17/h6-8,10-11,22H,3-5,9,12-16H2,1-2H3,(H2,19,20,21). The van der Waals surface area contributed by atoms with E-state index in [9.17, 15) is 8.42 Å². The second-order valence-electron chi connectivity index (χ2n) is 5.72. The molecule has 1 aromatic carbocycles. The lowest BCUT2D eigenvalue weighted by Crippen LogP contribution is -2.41. The normalized spacial score (nSPS) is 12.2. The first-order valence-electron chi connectivity index (χ1n) is 9.24. The number of unbranched alkanes of at least 4 members (excludes halogenated alkanes) is 1. The van der Waals surface area contributed by atoms with Crippen molar-refractivity contribution in [1.82, 2.24) is 15.4 Å². The van der Waals surface area contributed by atoms with Gasteiger partial charge in [-0.2, -0.15) is 0 Å². The molecule has 7 nitrogen and oxygen atoms in total. The third-order valence-corrected chi connectivity index (χ3v) is 4.94. The summed E-state index contributed by atoms with van der Waals surface area (Å²) < 4.78 is 32.3. The summed E-state index contributed by atoms with van der Waals surface area (Å²) in [5.41, 5.74) is 0. The van der Waals surface area contributed by atoms with E-state index in [1.54, 1.807) is 30.3 Å². The van der Waals surface area contributed by atoms with Gasteiger partial charge < -0.3 is 15.4 Å². The Morgan fingerprint density at radius 3 is 2.46 bits per heavy atom. The molecule has 0 radical (unpaired) electrons. The largest absolute Gasteiger partial charge is 0.381 e. The molecule has 1 aromatic rings. The van der Waals surface area contributed by atoms with Crippen molar-refractivity contribution < 1.29 is 13.2 Å². The number of benzene rings is 1. The van der Waals surface area contributed by atoms with E-state index in [2.05, 4.69) is 27.3 Å². The number of nitrogens with zero attached hydrogens (tertiary/aromatic N) is 1. The van der Waals surface area contributed by atoms with Crippen molar-refractivity contribution in [2.24, 2.45) is 4.99 Å². The Bertz CT molecular complexity index is 606. The Morgan fingerprint density at radius 2 is 1.77 bits per heavy atom. The van der Waals surface area contributed by atoms with Crippen LogP contribution in [-0.4, -0.2) is 53.8 Å². The summed E-state index contributed by atoms with van der Waals surface area (Å²) in [6.07, 6.45) is 3.09. The van der Waals surface area contributed by atoms with Gasteiger partial charge in [0, 0.05) is 39.4 Å². The van der Waals surface area contributed by atoms with Gasteiger partial charge in [0.15, 0.2) is 5.96 Å². The van der Waals surface area contributed by atoms with Crippen LogP contribution >= 0.6 is 0 Å². The van der Waals surface area contributed by atoms with Crippen molar-refractivity contribution in [2.75, 3.05) is 39.4 Å². The molecule has 0 amide bonds. The Morgan fingerprint density at radius 1 is 1.04 bits per heavy atom. The van der Waals surface area contributed by atoms with Gasteiger partial charge in [0.1, 0.15) is 0 Å². The molecule has 8 heteroatoms. The molecule has 0 fully saturated rings. The zero-order valence-electron chi connectivity index (χ0n) is 15.8. The van der Waals surface area contributed by atoms with E-state index in [1.165, 1.54) is 0 Å². The van der Waals surface area contributed by atoms with Crippen LogP contribution in [0.5, 0.6) is 0 Å². The van der Waals surface area contributed by atoms with Crippen molar-refractivity contribution >= 4 is 16.0 Å². The molecule has 0 aliphatic rings. The van der Waals surface area contributed by atoms with Crippen LogP contribution < -0.4 is 15.4 Å². The molecule has 0 saturated heterocycles. The number of hydrogen-bond acceptors (Lipinski definition) is 4. The lowest BCUT2D eigenvalue weighted by molar-refractivity contribution is 0.130. The lowest BCUT2D eigenvalue weighted by Gasteiger charge is -2.12. The smallest absolute Gasteiger partial charge is 0.240 e. The van der Waals surface area contributed by atoms with Gasteiger partial charge in [0.2, 0.25) is 10.0 Å².